The van der Waals surface area contributed by atoms with Crippen molar-refractivity contribution in [2.75, 3.05) is 18.5 Å². The number of rotatable bonds is 6. The molecule has 0 radical (unpaired) electrons. The Kier molecular flexibility index (Phi) is 4.81. The quantitative estimate of drug-likeness (QED) is 0.798. The lowest BCUT2D eigenvalue weighted by molar-refractivity contribution is 0.366. The molecule has 0 saturated heterocycles. The molecule has 0 aliphatic carbocycles. The van der Waals surface area contributed by atoms with Crippen molar-refractivity contribution in [1.29, 1.82) is 0 Å². The molecule has 0 amide bonds. The first kappa shape index (κ1) is 13.0. The molecule has 2 N–H and O–H groups in total. The van der Waals surface area contributed by atoms with E-state index in [1.807, 2.05) is 6.07 Å². The number of nitrogens with zero attached hydrogens (tertiary/aromatic N) is 1. The molecule has 0 spiro atoms. The van der Waals surface area contributed by atoms with Gasteiger partial charge in [0.2, 0.25) is 0 Å². The van der Waals surface area contributed by atoms with Gasteiger partial charge in [-0.3, -0.25) is 0 Å². The SMILES string of the molecule is CCCC(CC)(CN)N(C)c1ccccc1. The fourth-order valence-corrected chi connectivity index (χ4v) is 2.36. The second-order valence-corrected chi connectivity index (χ2v) is 4.43. The first-order valence-electron chi connectivity index (χ1n) is 6.19. The smallest absolute Gasteiger partial charge is 0.0518 e. The van der Waals surface area contributed by atoms with Crippen molar-refractivity contribution in [3.8, 4) is 0 Å². The number of para-hydroxylation sites is 1. The van der Waals surface area contributed by atoms with Crippen LogP contribution in [0.2, 0.25) is 0 Å². The highest BCUT2D eigenvalue weighted by molar-refractivity contribution is 5.48. The molecule has 1 atom stereocenters. The van der Waals surface area contributed by atoms with Crippen molar-refractivity contribution in [3.63, 3.8) is 0 Å². The van der Waals surface area contributed by atoms with E-state index in [1.54, 1.807) is 0 Å². The maximum absolute atomic E-state index is 6.00. The predicted molar refractivity (Wildman–Crippen MR) is 71.8 cm³/mol. The zero-order chi connectivity index (χ0) is 12.0. The van der Waals surface area contributed by atoms with Gasteiger partial charge in [-0.1, -0.05) is 38.5 Å². The Labute approximate surface area is 99.5 Å². The summed E-state index contributed by atoms with van der Waals surface area (Å²) >= 11 is 0. The van der Waals surface area contributed by atoms with Crippen molar-refractivity contribution < 1.29 is 0 Å². The van der Waals surface area contributed by atoms with Gasteiger partial charge in [-0.2, -0.15) is 0 Å². The summed E-state index contributed by atoms with van der Waals surface area (Å²) in [6.07, 6.45) is 3.40. The van der Waals surface area contributed by atoms with E-state index in [4.69, 9.17) is 5.73 Å². The van der Waals surface area contributed by atoms with E-state index in [9.17, 15) is 0 Å². The van der Waals surface area contributed by atoms with Gasteiger partial charge in [0.25, 0.3) is 0 Å². The summed E-state index contributed by atoms with van der Waals surface area (Å²) in [6.45, 7) is 5.16. The lowest BCUT2D eigenvalue weighted by atomic mass is 9.88. The molecule has 0 aliphatic heterocycles. The van der Waals surface area contributed by atoms with E-state index in [0.717, 1.165) is 12.8 Å². The molecule has 1 rings (SSSR count). The first-order valence-corrected chi connectivity index (χ1v) is 6.19. The van der Waals surface area contributed by atoms with Crippen molar-refractivity contribution in [3.05, 3.63) is 30.3 Å². The third-order valence-electron chi connectivity index (χ3n) is 3.61. The van der Waals surface area contributed by atoms with Crippen LogP contribution >= 0.6 is 0 Å². The van der Waals surface area contributed by atoms with Crippen molar-refractivity contribution in [2.24, 2.45) is 5.73 Å². The minimum absolute atomic E-state index is 0.107. The maximum atomic E-state index is 6.00. The summed E-state index contributed by atoms with van der Waals surface area (Å²) in [4.78, 5) is 2.34. The lowest BCUT2D eigenvalue weighted by Gasteiger charge is -2.42. The normalized spacial score (nSPS) is 14.5. The third kappa shape index (κ3) is 2.56. The van der Waals surface area contributed by atoms with Crippen molar-refractivity contribution >= 4 is 5.69 Å². The molecule has 16 heavy (non-hydrogen) atoms. The highest BCUT2D eigenvalue weighted by Crippen LogP contribution is 2.28. The number of anilines is 1. The molecule has 2 heteroatoms. The van der Waals surface area contributed by atoms with E-state index in [2.05, 4.69) is 50.1 Å². The third-order valence-corrected chi connectivity index (χ3v) is 3.61. The van der Waals surface area contributed by atoms with E-state index >= 15 is 0 Å². The summed E-state index contributed by atoms with van der Waals surface area (Å²) in [5.41, 5.74) is 7.36. The van der Waals surface area contributed by atoms with Gasteiger partial charge in [0.1, 0.15) is 0 Å². The number of nitrogens with two attached hydrogens (primary N) is 1. The summed E-state index contributed by atoms with van der Waals surface area (Å²) in [7, 11) is 2.15. The number of hydrogen-bond donors (Lipinski definition) is 1. The van der Waals surface area contributed by atoms with Gasteiger partial charge in [0.05, 0.1) is 5.54 Å². The maximum Gasteiger partial charge on any atom is 0.0518 e. The Bertz CT molecular complexity index is 291. The highest BCUT2D eigenvalue weighted by atomic mass is 15.2. The van der Waals surface area contributed by atoms with Gasteiger partial charge in [0.15, 0.2) is 0 Å². The van der Waals surface area contributed by atoms with Crippen LogP contribution in [0.3, 0.4) is 0 Å². The predicted octanol–water partition coefficient (Wildman–Crippen LogP) is 3.03. The molecule has 0 saturated carbocycles. The van der Waals surface area contributed by atoms with E-state index < -0.39 is 0 Å². The zero-order valence-corrected chi connectivity index (χ0v) is 10.7. The topological polar surface area (TPSA) is 29.3 Å². The molecule has 1 aromatic carbocycles. The van der Waals surface area contributed by atoms with E-state index in [0.29, 0.717) is 6.54 Å². The minimum atomic E-state index is 0.107. The molecule has 0 aromatic heterocycles. The van der Waals surface area contributed by atoms with Gasteiger partial charge in [0, 0.05) is 19.3 Å². The van der Waals surface area contributed by atoms with Gasteiger partial charge in [-0.15, -0.1) is 0 Å². The Morgan fingerprint density at radius 2 is 1.81 bits per heavy atom. The first-order chi connectivity index (χ1) is 7.70. The number of hydrogen-bond acceptors (Lipinski definition) is 2. The van der Waals surface area contributed by atoms with Gasteiger partial charge < -0.3 is 10.6 Å². The van der Waals surface area contributed by atoms with Crippen LogP contribution in [-0.4, -0.2) is 19.1 Å². The molecule has 2 nitrogen and oxygen atoms in total. The molecular formula is C14H24N2. The lowest BCUT2D eigenvalue weighted by Crippen LogP contribution is -2.52. The molecule has 0 bridgehead atoms. The van der Waals surface area contributed by atoms with Crippen molar-refractivity contribution in [2.45, 2.75) is 38.6 Å². The Morgan fingerprint density at radius 3 is 2.25 bits per heavy atom. The van der Waals surface area contributed by atoms with Crippen LogP contribution in [0, 0.1) is 0 Å². The summed E-state index contributed by atoms with van der Waals surface area (Å²) in [6, 6.07) is 10.5. The zero-order valence-electron chi connectivity index (χ0n) is 10.7. The fraction of sp³-hybridized carbons (Fsp3) is 0.571. The Hall–Kier alpha value is -1.02. The van der Waals surface area contributed by atoms with Crippen LogP contribution in [0.15, 0.2) is 30.3 Å². The monoisotopic (exact) mass is 220 g/mol. The molecular weight excluding hydrogens is 196 g/mol. The molecule has 90 valence electrons. The molecule has 0 aliphatic rings. The van der Waals surface area contributed by atoms with E-state index in [1.165, 1.54) is 12.1 Å². The minimum Gasteiger partial charge on any atom is -0.368 e. The highest BCUT2D eigenvalue weighted by Gasteiger charge is 2.30. The second kappa shape index (κ2) is 5.90. The van der Waals surface area contributed by atoms with E-state index in [-0.39, 0.29) is 5.54 Å². The Balaban J connectivity index is 2.95. The molecule has 1 aromatic rings. The van der Waals surface area contributed by atoms with Crippen LogP contribution in [0.5, 0.6) is 0 Å². The van der Waals surface area contributed by atoms with Crippen LogP contribution in [-0.2, 0) is 0 Å². The van der Waals surface area contributed by atoms with Crippen LogP contribution < -0.4 is 10.6 Å². The summed E-state index contributed by atoms with van der Waals surface area (Å²) in [5, 5.41) is 0. The molecule has 1 unspecified atom stereocenters. The number of likely N-dealkylation sites (N-methyl/N-ethyl adjacent to an activating group) is 1. The fourth-order valence-electron chi connectivity index (χ4n) is 2.36. The second-order valence-electron chi connectivity index (χ2n) is 4.43. The molecule has 0 heterocycles. The van der Waals surface area contributed by atoms with Crippen molar-refractivity contribution in [1.82, 2.24) is 0 Å². The average Bonchev–Trinajstić information content (AvgIpc) is 2.36. The largest absolute Gasteiger partial charge is 0.368 e. The average molecular weight is 220 g/mol. The van der Waals surface area contributed by atoms with Gasteiger partial charge in [-0.05, 0) is 25.0 Å². The summed E-state index contributed by atoms with van der Waals surface area (Å²) < 4.78 is 0. The van der Waals surface area contributed by atoms with Gasteiger partial charge in [-0.25, -0.2) is 0 Å². The van der Waals surface area contributed by atoms with Crippen LogP contribution in [0.1, 0.15) is 33.1 Å². The molecule has 0 fully saturated rings. The van der Waals surface area contributed by atoms with Crippen LogP contribution in [0.25, 0.3) is 0 Å². The van der Waals surface area contributed by atoms with Crippen LogP contribution in [0.4, 0.5) is 5.69 Å². The number of benzene rings is 1. The Morgan fingerprint density at radius 1 is 1.19 bits per heavy atom. The van der Waals surface area contributed by atoms with Gasteiger partial charge >= 0.3 is 0 Å². The standard InChI is InChI=1S/C14H24N2/c1-4-11-14(5-2,12-15)16(3)13-9-7-6-8-10-13/h6-10H,4-5,11-12,15H2,1-3H3. The summed E-state index contributed by atoms with van der Waals surface area (Å²) in [5.74, 6) is 0.